The molecule has 1 heterocycles. The van der Waals surface area contributed by atoms with Gasteiger partial charge in [-0.3, -0.25) is 9.36 Å². The molecule has 4 rings (SSSR count). The summed E-state index contributed by atoms with van der Waals surface area (Å²) in [6.45, 7) is 0. The van der Waals surface area contributed by atoms with Gasteiger partial charge in [0.15, 0.2) is 11.0 Å². The van der Waals surface area contributed by atoms with E-state index in [4.69, 9.17) is 10.5 Å². The predicted octanol–water partition coefficient (Wildman–Crippen LogP) is 4.26. The summed E-state index contributed by atoms with van der Waals surface area (Å²) < 4.78 is 7.19. The van der Waals surface area contributed by atoms with E-state index in [1.807, 2.05) is 89.5 Å². The van der Waals surface area contributed by atoms with E-state index >= 15 is 0 Å². The van der Waals surface area contributed by atoms with Crippen molar-refractivity contribution < 1.29 is 9.53 Å². The van der Waals surface area contributed by atoms with Crippen LogP contribution in [0.4, 0.5) is 0 Å². The highest BCUT2D eigenvalue weighted by Crippen LogP contribution is 2.37. The van der Waals surface area contributed by atoms with Crippen molar-refractivity contribution in [1.29, 1.82) is 0 Å². The van der Waals surface area contributed by atoms with Crippen molar-refractivity contribution in [2.75, 3.05) is 7.11 Å². The predicted molar refractivity (Wildman–Crippen MR) is 118 cm³/mol. The number of nitrogens with two attached hydrogens (primary N) is 1. The van der Waals surface area contributed by atoms with E-state index in [1.165, 1.54) is 11.8 Å². The number of methoxy groups -OCH3 is 1. The van der Waals surface area contributed by atoms with Gasteiger partial charge in [0.2, 0.25) is 5.91 Å². The molecule has 1 unspecified atom stereocenters. The molecule has 0 aliphatic rings. The van der Waals surface area contributed by atoms with Gasteiger partial charge in [-0.15, -0.1) is 10.2 Å². The molecule has 3 aromatic carbocycles. The van der Waals surface area contributed by atoms with Crippen LogP contribution in [0.25, 0.3) is 17.1 Å². The SMILES string of the molecule is COc1ccc(-c2nnc(SC(C(N)=O)c3ccccc3)n2-c2ccccc2)cc1. The van der Waals surface area contributed by atoms with Gasteiger partial charge >= 0.3 is 0 Å². The van der Waals surface area contributed by atoms with E-state index in [0.29, 0.717) is 11.0 Å². The van der Waals surface area contributed by atoms with Crippen molar-refractivity contribution in [3.05, 3.63) is 90.5 Å². The van der Waals surface area contributed by atoms with Gasteiger partial charge in [-0.05, 0) is 42.0 Å². The van der Waals surface area contributed by atoms with Crippen molar-refractivity contribution in [3.63, 3.8) is 0 Å². The van der Waals surface area contributed by atoms with Crippen molar-refractivity contribution in [2.45, 2.75) is 10.4 Å². The molecular formula is C23H20N4O2S. The standard InChI is InChI=1S/C23H20N4O2S/c1-29-19-14-12-17(13-15-19)22-25-26-23(27(22)18-10-6-3-7-11-18)30-20(21(24)28)16-8-4-2-5-9-16/h2-15,20H,1H3,(H2,24,28). The minimum absolute atomic E-state index is 0.431. The Kier molecular flexibility index (Phi) is 5.81. The van der Waals surface area contributed by atoms with Crippen molar-refractivity contribution in [3.8, 4) is 22.8 Å². The number of carbonyl (C=O) groups is 1. The zero-order valence-corrected chi connectivity index (χ0v) is 17.1. The summed E-state index contributed by atoms with van der Waals surface area (Å²) >= 11 is 1.28. The third-order valence-corrected chi connectivity index (χ3v) is 5.80. The Labute approximate surface area is 178 Å². The Balaban J connectivity index is 1.80. The minimum atomic E-state index is -0.582. The van der Waals surface area contributed by atoms with Crippen LogP contribution in [0.2, 0.25) is 0 Å². The number of amides is 1. The van der Waals surface area contributed by atoms with Crippen LogP contribution in [0.3, 0.4) is 0 Å². The van der Waals surface area contributed by atoms with Gasteiger partial charge in [0.25, 0.3) is 0 Å². The Morgan fingerprint density at radius 1 is 0.933 bits per heavy atom. The largest absolute Gasteiger partial charge is 0.497 e. The van der Waals surface area contributed by atoms with E-state index in [1.54, 1.807) is 7.11 Å². The lowest BCUT2D eigenvalue weighted by Gasteiger charge is -2.15. The number of benzene rings is 3. The summed E-state index contributed by atoms with van der Waals surface area (Å²) in [7, 11) is 1.63. The molecular weight excluding hydrogens is 396 g/mol. The van der Waals surface area contributed by atoms with Crippen LogP contribution in [0.15, 0.2) is 90.1 Å². The van der Waals surface area contributed by atoms with E-state index in [2.05, 4.69) is 10.2 Å². The summed E-state index contributed by atoms with van der Waals surface area (Å²) in [4.78, 5) is 12.2. The maximum absolute atomic E-state index is 12.2. The molecule has 0 saturated heterocycles. The molecule has 7 heteroatoms. The maximum atomic E-state index is 12.2. The fraction of sp³-hybridized carbons (Fsp3) is 0.0870. The molecule has 150 valence electrons. The number of primary amides is 1. The Morgan fingerprint density at radius 2 is 1.57 bits per heavy atom. The van der Waals surface area contributed by atoms with Crippen LogP contribution in [0, 0.1) is 0 Å². The number of nitrogens with zero attached hydrogens (tertiary/aromatic N) is 3. The van der Waals surface area contributed by atoms with Gasteiger partial charge in [-0.25, -0.2) is 0 Å². The molecule has 6 nitrogen and oxygen atoms in total. The average molecular weight is 417 g/mol. The van der Waals surface area contributed by atoms with Crippen LogP contribution >= 0.6 is 11.8 Å². The smallest absolute Gasteiger partial charge is 0.235 e. The first-order valence-corrected chi connectivity index (χ1v) is 10.2. The van der Waals surface area contributed by atoms with Gasteiger partial charge < -0.3 is 10.5 Å². The van der Waals surface area contributed by atoms with Gasteiger partial charge in [-0.1, -0.05) is 60.3 Å². The van der Waals surface area contributed by atoms with Gasteiger partial charge in [-0.2, -0.15) is 0 Å². The number of ether oxygens (including phenoxy) is 1. The third kappa shape index (κ3) is 4.06. The minimum Gasteiger partial charge on any atom is -0.497 e. The lowest BCUT2D eigenvalue weighted by atomic mass is 10.1. The molecule has 0 fully saturated rings. The second-order valence-electron chi connectivity index (χ2n) is 6.52. The highest BCUT2D eigenvalue weighted by atomic mass is 32.2. The maximum Gasteiger partial charge on any atom is 0.235 e. The van der Waals surface area contributed by atoms with Crippen LogP contribution in [-0.4, -0.2) is 27.8 Å². The van der Waals surface area contributed by atoms with Crippen LogP contribution in [-0.2, 0) is 4.79 Å². The molecule has 0 aliphatic carbocycles. The highest BCUT2D eigenvalue weighted by molar-refractivity contribution is 8.00. The van der Waals surface area contributed by atoms with Gasteiger partial charge in [0.05, 0.1) is 7.11 Å². The second kappa shape index (κ2) is 8.84. The molecule has 30 heavy (non-hydrogen) atoms. The quantitative estimate of drug-likeness (QED) is 0.455. The van der Waals surface area contributed by atoms with Crippen LogP contribution < -0.4 is 10.5 Å². The molecule has 1 aromatic heterocycles. The second-order valence-corrected chi connectivity index (χ2v) is 7.59. The molecule has 1 atom stereocenters. The monoisotopic (exact) mass is 416 g/mol. The van der Waals surface area contributed by atoms with E-state index in [9.17, 15) is 4.79 Å². The van der Waals surface area contributed by atoms with Crippen LogP contribution in [0.5, 0.6) is 5.75 Å². The summed E-state index contributed by atoms with van der Waals surface area (Å²) in [6.07, 6.45) is 0. The van der Waals surface area contributed by atoms with Crippen LogP contribution in [0.1, 0.15) is 10.8 Å². The van der Waals surface area contributed by atoms with E-state index in [-0.39, 0.29) is 0 Å². The topological polar surface area (TPSA) is 83.0 Å². The third-order valence-electron chi connectivity index (χ3n) is 4.58. The summed E-state index contributed by atoms with van der Waals surface area (Å²) in [5, 5.41) is 8.82. The van der Waals surface area contributed by atoms with Gasteiger partial charge in [0.1, 0.15) is 11.0 Å². The molecule has 0 radical (unpaired) electrons. The number of carbonyl (C=O) groups excluding carboxylic acids is 1. The number of rotatable bonds is 7. The fourth-order valence-corrected chi connectivity index (χ4v) is 4.11. The zero-order valence-electron chi connectivity index (χ0n) is 16.3. The summed E-state index contributed by atoms with van der Waals surface area (Å²) in [6, 6.07) is 26.9. The summed E-state index contributed by atoms with van der Waals surface area (Å²) in [5.74, 6) is 0.999. The van der Waals surface area contributed by atoms with Crippen molar-refractivity contribution >= 4 is 17.7 Å². The van der Waals surface area contributed by atoms with Crippen molar-refractivity contribution in [1.82, 2.24) is 14.8 Å². The Hall–Kier alpha value is -3.58. The number of hydrogen-bond donors (Lipinski definition) is 1. The first kappa shape index (κ1) is 19.7. The summed E-state index contributed by atoms with van der Waals surface area (Å²) in [5.41, 5.74) is 8.33. The first-order valence-electron chi connectivity index (χ1n) is 9.33. The number of hydrogen-bond acceptors (Lipinski definition) is 5. The molecule has 1 amide bonds. The number of thioether (sulfide) groups is 1. The highest BCUT2D eigenvalue weighted by Gasteiger charge is 2.24. The Bertz CT molecular complexity index is 1130. The lowest BCUT2D eigenvalue weighted by molar-refractivity contribution is -0.117. The van der Waals surface area contributed by atoms with Crippen molar-refractivity contribution in [2.24, 2.45) is 5.73 Å². The number of aromatic nitrogens is 3. The normalized spacial score (nSPS) is 11.8. The molecule has 0 spiro atoms. The van der Waals surface area contributed by atoms with E-state index in [0.717, 1.165) is 22.6 Å². The average Bonchev–Trinajstić information content (AvgIpc) is 3.22. The lowest BCUT2D eigenvalue weighted by Crippen LogP contribution is -2.19. The molecule has 0 saturated carbocycles. The van der Waals surface area contributed by atoms with Gasteiger partial charge in [0, 0.05) is 11.3 Å². The molecule has 0 aliphatic heterocycles. The van der Waals surface area contributed by atoms with E-state index < -0.39 is 11.2 Å². The molecule has 2 N–H and O–H groups in total. The Morgan fingerprint density at radius 3 is 2.17 bits per heavy atom. The first-order chi connectivity index (χ1) is 14.7. The zero-order chi connectivity index (χ0) is 20.9. The molecule has 4 aromatic rings. The fourth-order valence-electron chi connectivity index (χ4n) is 3.11. The number of para-hydroxylation sites is 1. The molecule has 0 bridgehead atoms.